The lowest BCUT2D eigenvalue weighted by molar-refractivity contribution is 0.868. The van der Waals surface area contributed by atoms with Crippen LogP contribution in [0, 0.1) is 13.8 Å². The number of thiophene rings is 1. The van der Waals surface area contributed by atoms with Gasteiger partial charge in [-0.05, 0) is 35.9 Å². The highest BCUT2D eigenvalue weighted by Crippen LogP contribution is 2.40. The first kappa shape index (κ1) is 13.6. The Bertz CT molecular complexity index is 682. The van der Waals surface area contributed by atoms with Gasteiger partial charge in [0.15, 0.2) is 0 Å². The molecule has 1 aromatic heterocycles. The Kier molecular flexibility index (Phi) is 3.77. The van der Waals surface area contributed by atoms with Gasteiger partial charge < -0.3 is 0 Å². The zero-order chi connectivity index (χ0) is 14.1. The Balaban J connectivity index is 1.95. The van der Waals surface area contributed by atoms with E-state index in [0.29, 0.717) is 0 Å². The Morgan fingerprint density at radius 2 is 1.95 bits per heavy atom. The van der Waals surface area contributed by atoms with Gasteiger partial charge in [0.1, 0.15) is 0 Å². The van der Waals surface area contributed by atoms with Gasteiger partial charge >= 0.3 is 0 Å². The average molecular weight is 302 g/mol. The lowest BCUT2D eigenvalue weighted by Gasteiger charge is -2.21. The number of benzene rings is 1. The molecule has 0 radical (unpaired) electrons. The molecule has 1 aliphatic heterocycles. The number of aryl methyl sites for hydroxylation is 1. The van der Waals surface area contributed by atoms with Crippen molar-refractivity contribution in [3.8, 4) is 0 Å². The molecule has 20 heavy (non-hydrogen) atoms. The molecule has 0 saturated carbocycles. The van der Waals surface area contributed by atoms with Crippen molar-refractivity contribution in [2.24, 2.45) is 4.99 Å². The maximum atomic E-state index is 6.41. The molecule has 1 unspecified atom stereocenters. The maximum Gasteiger partial charge on any atom is 0.0486 e. The molecule has 102 valence electrons. The lowest BCUT2D eigenvalue weighted by atomic mass is 9.92. The van der Waals surface area contributed by atoms with Crippen LogP contribution in [0.2, 0.25) is 0 Å². The molecule has 3 heteroatoms. The largest absolute Gasteiger partial charge is 0.259 e. The van der Waals surface area contributed by atoms with E-state index in [0.717, 1.165) is 17.2 Å². The van der Waals surface area contributed by atoms with Gasteiger partial charge in [-0.1, -0.05) is 41.9 Å². The van der Waals surface area contributed by atoms with Crippen LogP contribution >= 0.6 is 22.9 Å². The van der Waals surface area contributed by atoms with E-state index in [1.165, 1.54) is 21.6 Å². The van der Waals surface area contributed by atoms with Crippen molar-refractivity contribution in [1.82, 2.24) is 0 Å². The van der Waals surface area contributed by atoms with E-state index in [1.807, 2.05) is 24.4 Å². The summed E-state index contributed by atoms with van der Waals surface area (Å²) < 4.78 is 0. The average Bonchev–Trinajstić information content (AvgIpc) is 2.81. The second kappa shape index (κ2) is 5.55. The highest BCUT2D eigenvalue weighted by molar-refractivity contribution is 7.10. The van der Waals surface area contributed by atoms with E-state index in [9.17, 15) is 0 Å². The van der Waals surface area contributed by atoms with Crippen molar-refractivity contribution >= 4 is 28.6 Å². The summed E-state index contributed by atoms with van der Waals surface area (Å²) in [7, 11) is 0. The number of hydrogen-bond donors (Lipinski definition) is 0. The third-order valence-corrected chi connectivity index (χ3v) is 5.50. The fourth-order valence-electron chi connectivity index (χ4n) is 2.48. The van der Waals surface area contributed by atoms with E-state index in [-0.39, 0.29) is 5.92 Å². The highest BCUT2D eigenvalue weighted by Gasteiger charge is 2.25. The van der Waals surface area contributed by atoms with Crippen LogP contribution in [0.15, 0.2) is 51.9 Å². The molecule has 0 saturated heterocycles. The minimum Gasteiger partial charge on any atom is -0.259 e. The number of halogens is 1. The smallest absolute Gasteiger partial charge is 0.0486 e. The summed E-state index contributed by atoms with van der Waals surface area (Å²) in [5.74, 6) is 0.253. The van der Waals surface area contributed by atoms with Gasteiger partial charge in [0.25, 0.3) is 0 Å². The van der Waals surface area contributed by atoms with E-state index in [4.69, 9.17) is 11.6 Å². The molecule has 0 bridgehead atoms. The molecule has 2 heterocycles. The number of rotatable bonds is 2. The first-order valence-electron chi connectivity index (χ1n) is 6.69. The summed E-state index contributed by atoms with van der Waals surface area (Å²) in [5, 5.41) is 3.05. The summed E-state index contributed by atoms with van der Waals surface area (Å²) >= 11 is 8.22. The van der Waals surface area contributed by atoms with Crippen LogP contribution in [0.25, 0.3) is 0 Å². The van der Waals surface area contributed by atoms with Crippen LogP contribution in [0.3, 0.4) is 0 Å². The van der Waals surface area contributed by atoms with Gasteiger partial charge in [0.2, 0.25) is 0 Å². The van der Waals surface area contributed by atoms with Crippen LogP contribution in [0.1, 0.15) is 33.9 Å². The number of aliphatic imine (C=N–C) groups is 1. The van der Waals surface area contributed by atoms with Crippen molar-refractivity contribution in [3.63, 3.8) is 0 Å². The highest BCUT2D eigenvalue weighted by atomic mass is 35.5. The minimum absolute atomic E-state index is 0.253. The van der Waals surface area contributed by atoms with Crippen LogP contribution in [-0.2, 0) is 0 Å². The molecule has 1 aromatic carbocycles. The zero-order valence-electron chi connectivity index (χ0n) is 11.6. The Morgan fingerprint density at radius 3 is 2.60 bits per heavy atom. The van der Waals surface area contributed by atoms with Gasteiger partial charge in [0, 0.05) is 34.2 Å². The number of hydrogen-bond acceptors (Lipinski definition) is 2. The van der Waals surface area contributed by atoms with Crippen LogP contribution in [-0.4, -0.2) is 5.71 Å². The maximum absolute atomic E-state index is 6.41. The van der Waals surface area contributed by atoms with Gasteiger partial charge in [-0.25, -0.2) is 0 Å². The summed E-state index contributed by atoms with van der Waals surface area (Å²) in [4.78, 5) is 5.89. The minimum atomic E-state index is 0.253. The molecule has 1 nitrogen and oxygen atoms in total. The Hall–Kier alpha value is -1.38. The second-order valence-corrected chi connectivity index (χ2v) is 6.47. The van der Waals surface area contributed by atoms with Crippen molar-refractivity contribution in [2.75, 3.05) is 0 Å². The summed E-state index contributed by atoms with van der Waals surface area (Å²) in [5.41, 5.74) is 5.01. The van der Waals surface area contributed by atoms with Crippen molar-refractivity contribution < 1.29 is 0 Å². The lowest BCUT2D eigenvalue weighted by Crippen LogP contribution is -2.12. The second-order valence-electron chi connectivity index (χ2n) is 5.12. The summed E-state index contributed by atoms with van der Waals surface area (Å²) in [6, 6.07) is 10.3. The molecule has 0 spiro atoms. The van der Waals surface area contributed by atoms with Gasteiger partial charge in [-0.3, -0.25) is 4.99 Å². The predicted molar refractivity (Wildman–Crippen MR) is 88.1 cm³/mol. The van der Waals surface area contributed by atoms with Crippen LogP contribution < -0.4 is 0 Å². The fourth-order valence-corrected chi connectivity index (χ4v) is 3.97. The van der Waals surface area contributed by atoms with Crippen molar-refractivity contribution in [2.45, 2.75) is 26.2 Å². The molecule has 0 fully saturated rings. The van der Waals surface area contributed by atoms with Crippen molar-refractivity contribution in [1.29, 1.82) is 0 Å². The standard InChI is InChI=1S/C17H16ClNS/c1-11-10-20-17(12(11)2)14-8-16(19-9-15(14)18)13-6-4-3-5-7-13/h3-7,9-10,14H,8H2,1-2H3. The van der Waals surface area contributed by atoms with Gasteiger partial charge in [-0.2, -0.15) is 0 Å². The molecular weight excluding hydrogens is 286 g/mol. The van der Waals surface area contributed by atoms with Crippen LogP contribution in [0.5, 0.6) is 0 Å². The SMILES string of the molecule is Cc1csc(C2CC(c3ccccc3)=NC=C2Cl)c1C. The molecule has 0 amide bonds. The molecule has 0 N–H and O–H groups in total. The van der Waals surface area contributed by atoms with Gasteiger partial charge in [-0.15, -0.1) is 11.3 Å². The van der Waals surface area contributed by atoms with E-state index < -0.39 is 0 Å². The quantitative estimate of drug-likeness (QED) is 0.702. The number of allylic oxidation sites excluding steroid dienone is 1. The molecule has 3 rings (SSSR count). The van der Waals surface area contributed by atoms with Crippen molar-refractivity contribution in [3.05, 3.63) is 68.5 Å². The first-order valence-corrected chi connectivity index (χ1v) is 7.95. The Morgan fingerprint density at radius 1 is 1.20 bits per heavy atom. The van der Waals surface area contributed by atoms with E-state index in [2.05, 4.69) is 36.4 Å². The monoisotopic (exact) mass is 301 g/mol. The molecule has 2 aromatic rings. The third-order valence-electron chi connectivity index (χ3n) is 3.82. The van der Waals surface area contributed by atoms with E-state index >= 15 is 0 Å². The van der Waals surface area contributed by atoms with Gasteiger partial charge in [0.05, 0.1) is 0 Å². The molecular formula is C17H16ClNS. The summed E-state index contributed by atoms with van der Waals surface area (Å²) in [6.45, 7) is 4.33. The fraction of sp³-hybridized carbons (Fsp3) is 0.235. The van der Waals surface area contributed by atoms with Crippen LogP contribution in [0.4, 0.5) is 0 Å². The van der Waals surface area contributed by atoms with E-state index in [1.54, 1.807) is 11.3 Å². The summed E-state index contributed by atoms with van der Waals surface area (Å²) in [6.07, 6.45) is 2.69. The zero-order valence-corrected chi connectivity index (χ0v) is 13.1. The predicted octanol–water partition coefficient (Wildman–Crippen LogP) is 5.42. The molecule has 0 aliphatic carbocycles. The first-order chi connectivity index (χ1) is 9.66. The Labute approximate surface area is 128 Å². The molecule has 1 atom stereocenters. The third kappa shape index (κ3) is 2.46. The molecule has 1 aliphatic rings. The normalized spacial score (nSPS) is 18.6. The number of nitrogens with zero attached hydrogens (tertiary/aromatic N) is 1. The topological polar surface area (TPSA) is 12.4 Å².